The van der Waals surface area contributed by atoms with E-state index in [4.69, 9.17) is 14.0 Å². The predicted molar refractivity (Wildman–Crippen MR) is 69.8 cm³/mol. The number of amides is 1. The molecule has 2 aromatic rings. The van der Waals surface area contributed by atoms with Gasteiger partial charge in [-0.15, -0.1) is 0 Å². The molecule has 1 aromatic heterocycles. The van der Waals surface area contributed by atoms with Crippen LogP contribution in [0.4, 0.5) is 0 Å². The van der Waals surface area contributed by atoms with Crippen molar-refractivity contribution >= 4 is 5.91 Å². The van der Waals surface area contributed by atoms with Crippen molar-refractivity contribution in [1.82, 2.24) is 15.5 Å². The van der Waals surface area contributed by atoms with Crippen LogP contribution in [0, 0.1) is 6.92 Å². The Morgan fingerprint density at radius 3 is 2.40 bits per heavy atom. The summed E-state index contributed by atoms with van der Waals surface area (Å²) in [6, 6.07) is 4.94. The first-order chi connectivity index (χ1) is 9.62. The third-order valence-electron chi connectivity index (χ3n) is 2.59. The van der Waals surface area contributed by atoms with Crippen LogP contribution in [0.2, 0.25) is 0 Å². The molecule has 0 bridgehead atoms. The molecular formula is C13H15N3O4. The summed E-state index contributed by atoms with van der Waals surface area (Å²) >= 11 is 0. The van der Waals surface area contributed by atoms with Crippen molar-refractivity contribution in [3.05, 3.63) is 35.5 Å². The average molecular weight is 277 g/mol. The number of carbonyl (C=O) groups excluding carboxylic acids is 1. The number of hydrogen-bond donors (Lipinski definition) is 1. The van der Waals surface area contributed by atoms with Gasteiger partial charge in [-0.2, -0.15) is 4.98 Å². The second-order valence-corrected chi connectivity index (χ2v) is 4.01. The standard InChI is InChI=1S/C13H15N3O4/c1-8-15-12(16-20-8)7-14-13(17)9-4-10(18-2)6-11(5-9)19-3/h4-6H,7H2,1-3H3,(H,14,17). The number of nitrogens with zero attached hydrogens (tertiary/aromatic N) is 2. The van der Waals surface area contributed by atoms with Gasteiger partial charge in [0.1, 0.15) is 11.5 Å². The maximum absolute atomic E-state index is 12.1. The third kappa shape index (κ3) is 3.25. The normalized spacial score (nSPS) is 10.2. The summed E-state index contributed by atoms with van der Waals surface area (Å²) < 4.78 is 15.1. The summed E-state index contributed by atoms with van der Waals surface area (Å²) in [5.74, 6) is 1.70. The smallest absolute Gasteiger partial charge is 0.251 e. The highest BCUT2D eigenvalue weighted by Crippen LogP contribution is 2.22. The van der Waals surface area contributed by atoms with Crippen molar-refractivity contribution < 1.29 is 18.8 Å². The van der Waals surface area contributed by atoms with Gasteiger partial charge in [0.15, 0.2) is 5.82 Å². The Hall–Kier alpha value is -2.57. The van der Waals surface area contributed by atoms with Gasteiger partial charge in [0, 0.05) is 18.6 Å². The second kappa shape index (κ2) is 6.05. The Morgan fingerprint density at radius 2 is 1.90 bits per heavy atom. The third-order valence-corrected chi connectivity index (χ3v) is 2.59. The van der Waals surface area contributed by atoms with Crippen molar-refractivity contribution in [3.8, 4) is 11.5 Å². The molecule has 2 rings (SSSR count). The molecular weight excluding hydrogens is 262 g/mol. The van der Waals surface area contributed by atoms with Crippen LogP contribution in [-0.4, -0.2) is 30.3 Å². The van der Waals surface area contributed by atoms with E-state index in [2.05, 4.69) is 15.5 Å². The highest BCUT2D eigenvalue weighted by atomic mass is 16.5. The minimum absolute atomic E-state index is 0.190. The molecule has 1 amide bonds. The lowest BCUT2D eigenvalue weighted by Gasteiger charge is -2.08. The largest absolute Gasteiger partial charge is 0.497 e. The molecule has 0 unspecified atom stereocenters. The maximum Gasteiger partial charge on any atom is 0.251 e. The van der Waals surface area contributed by atoms with E-state index in [0.29, 0.717) is 28.8 Å². The summed E-state index contributed by atoms with van der Waals surface area (Å²) in [6.45, 7) is 1.88. The zero-order chi connectivity index (χ0) is 14.5. The van der Waals surface area contributed by atoms with Crippen molar-refractivity contribution in [2.45, 2.75) is 13.5 Å². The van der Waals surface area contributed by atoms with Crippen molar-refractivity contribution in [1.29, 1.82) is 0 Å². The molecule has 0 fully saturated rings. The molecule has 0 saturated carbocycles. The molecule has 0 spiro atoms. The monoisotopic (exact) mass is 277 g/mol. The quantitative estimate of drug-likeness (QED) is 0.887. The summed E-state index contributed by atoms with van der Waals surface area (Å²) in [5.41, 5.74) is 0.432. The molecule has 0 aliphatic rings. The fraction of sp³-hybridized carbons (Fsp3) is 0.308. The van der Waals surface area contributed by atoms with Gasteiger partial charge in [0.25, 0.3) is 5.91 Å². The molecule has 0 radical (unpaired) electrons. The Morgan fingerprint density at radius 1 is 1.25 bits per heavy atom. The summed E-state index contributed by atoms with van der Waals surface area (Å²) in [7, 11) is 3.05. The number of benzene rings is 1. The van der Waals surface area contributed by atoms with Crippen LogP contribution in [-0.2, 0) is 6.54 Å². The minimum Gasteiger partial charge on any atom is -0.497 e. The maximum atomic E-state index is 12.1. The van der Waals surface area contributed by atoms with E-state index in [9.17, 15) is 4.79 Å². The van der Waals surface area contributed by atoms with Crippen LogP contribution < -0.4 is 14.8 Å². The number of aryl methyl sites for hydroxylation is 1. The fourth-order valence-corrected chi connectivity index (χ4v) is 1.61. The van der Waals surface area contributed by atoms with Crippen molar-refractivity contribution in [2.75, 3.05) is 14.2 Å². The van der Waals surface area contributed by atoms with Gasteiger partial charge < -0.3 is 19.3 Å². The molecule has 1 heterocycles. The number of carbonyl (C=O) groups is 1. The van der Waals surface area contributed by atoms with Gasteiger partial charge >= 0.3 is 0 Å². The molecule has 106 valence electrons. The molecule has 20 heavy (non-hydrogen) atoms. The number of ether oxygens (including phenoxy) is 2. The van der Waals surface area contributed by atoms with Crippen molar-refractivity contribution in [2.24, 2.45) is 0 Å². The molecule has 7 heteroatoms. The van der Waals surface area contributed by atoms with E-state index in [1.54, 1.807) is 25.1 Å². The Bertz CT molecular complexity index is 587. The van der Waals surface area contributed by atoms with Crippen LogP contribution in [0.25, 0.3) is 0 Å². The summed E-state index contributed by atoms with van der Waals surface area (Å²) in [5, 5.41) is 6.39. The highest BCUT2D eigenvalue weighted by Gasteiger charge is 2.11. The van der Waals surface area contributed by atoms with Crippen LogP contribution in [0.3, 0.4) is 0 Å². The Labute approximate surface area is 115 Å². The number of nitrogens with one attached hydrogen (secondary N) is 1. The first-order valence-corrected chi connectivity index (χ1v) is 5.93. The van der Waals surface area contributed by atoms with Crippen LogP contribution >= 0.6 is 0 Å². The zero-order valence-electron chi connectivity index (χ0n) is 11.5. The van der Waals surface area contributed by atoms with Crippen molar-refractivity contribution in [3.63, 3.8) is 0 Å². The van der Waals surface area contributed by atoms with Crippen LogP contribution in [0.1, 0.15) is 22.1 Å². The van der Waals surface area contributed by atoms with Gasteiger partial charge in [-0.05, 0) is 12.1 Å². The second-order valence-electron chi connectivity index (χ2n) is 4.01. The van der Waals surface area contributed by atoms with E-state index in [0.717, 1.165) is 0 Å². The molecule has 0 aliphatic heterocycles. The highest BCUT2D eigenvalue weighted by molar-refractivity contribution is 5.95. The molecule has 7 nitrogen and oxygen atoms in total. The first-order valence-electron chi connectivity index (χ1n) is 5.93. The van der Waals surface area contributed by atoms with E-state index in [1.165, 1.54) is 14.2 Å². The average Bonchev–Trinajstić information content (AvgIpc) is 2.89. The van der Waals surface area contributed by atoms with Gasteiger partial charge in [-0.3, -0.25) is 4.79 Å². The number of hydrogen-bond acceptors (Lipinski definition) is 6. The molecule has 0 aliphatic carbocycles. The van der Waals surface area contributed by atoms with Gasteiger partial charge in [-0.1, -0.05) is 5.16 Å². The number of rotatable bonds is 5. The number of aromatic nitrogens is 2. The first kappa shape index (κ1) is 13.9. The number of methoxy groups -OCH3 is 2. The summed E-state index contributed by atoms with van der Waals surface area (Å²) in [6.07, 6.45) is 0. The predicted octanol–water partition coefficient (Wildman–Crippen LogP) is 1.33. The lowest BCUT2D eigenvalue weighted by atomic mass is 10.2. The van der Waals surface area contributed by atoms with Gasteiger partial charge in [0.05, 0.1) is 20.8 Å². The summed E-state index contributed by atoms with van der Waals surface area (Å²) in [4.78, 5) is 16.1. The Balaban J connectivity index is 2.08. The van der Waals surface area contributed by atoms with E-state index < -0.39 is 0 Å². The molecule has 0 atom stereocenters. The molecule has 1 aromatic carbocycles. The van der Waals surface area contributed by atoms with Gasteiger partial charge in [-0.25, -0.2) is 0 Å². The molecule has 1 N–H and O–H groups in total. The lowest BCUT2D eigenvalue weighted by molar-refractivity contribution is 0.0949. The van der Waals surface area contributed by atoms with E-state index >= 15 is 0 Å². The van der Waals surface area contributed by atoms with Gasteiger partial charge in [0.2, 0.25) is 5.89 Å². The van der Waals surface area contributed by atoms with Crippen LogP contribution in [0.15, 0.2) is 22.7 Å². The minimum atomic E-state index is -0.273. The SMILES string of the molecule is COc1cc(OC)cc(C(=O)NCc2noc(C)n2)c1. The zero-order valence-corrected chi connectivity index (χ0v) is 11.5. The fourth-order valence-electron chi connectivity index (χ4n) is 1.61. The molecule has 0 saturated heterocycles. The van der Waals surface area contributed by atoms with E-state index in [1.807, 2.05) is 0 Å². The lowest BCUT2D eigenvalue weighted by Crippen LogP contribution is -2.23. The van der Waals surface area contributed by atoms with E-state index in [-0.39, 0.29) is 12.5 Å². The Kier molecular flexibility index (Phi) is 4.19. The topological polar surface area (TPSA) is 86.5 Å². The van der Waals surface area contributed by atoms with Crippen LogP contribution in [0.5, 0.6) is 11.5 Å².